The first-order valence-electron chi connectivity index (χ1n) is 2.55. The molecular weight excluding hydrogens is 122 g/mol. The second kappa shape index (κ2) is 3.06. The molecule has 0 spiro atoms. The molecule has 4 heteroatoms. The molecule has 52 valence electrons. The van der Waals surface area contributed by atoms with Crippen LogP contribution < -0.4 is 5.73 Å². The Morgan fingerprint density at radius 2 is 2.11 bits per heavy atom. The standard InChI is InChI=1S/C5H9NO3/c1-3(5(8)9)2-4(6)7/h3H,2H2,1H3,(H2,6,7)(H,8,9). The predicted molar refractivity (Wildman–Crippen MR) is 30.6 cm³/mol. The van der Waals surface area contributed by atoms with Crippen molar-refractivity contribution >= 4 is 11.9 Å². The van der Waals surface area contributed by atoms with Gasteiger partial charge in [-0.2, -0.15) is 0 Å². The number of hydrogen-bond donors (Lipinski definition) is 2. The zero-order chi connectivity index (χ0) is 7.44. The van der Waals surface area contributed by atoms with E-state index in [4.69, 9.17) is 10.8 Å². The number of primary amides is 1. The van der Waals surface area contributed by atoms with Crippen molar-refractivity contribution in [1.82, 2.24) is 0 Å². The minimum atomic E-state index is -0.992. The van der Waals surface area contributed by atoms with Gasteiger partial charge in [-0.1, -0.05) is 6.92 Å². The highest BCUT2D eigenvalue weighted by Gasteiger charge is 2.12. The van der Waals surface area contributed by atoms with Crippen molar-refractivity contribution in [2.75, 3.05) is 0 Å². The summed E-state index contributed by atoms with van der Waals surface area (Å²) in [6, 6.07) is 0. The molecule has 0 heterocycles. The van der Waals surface area contributed by atoms with Gasteiger partial charge in [-0.3, -0.25) is 9.59 Å². The number of hydrogen-bond acceptors (Lipinski definition) is 2. The van der Waals surface area contributed by atoms with Crippen molar-refractivity contribution < 1.29 is 14.7 Å². The number of rotatable bonds is 3. The SMILES string of the molecule is CC(CC(N)=O)C(=O)O. The number of carbonyl (C=O) groups excluding carboxylic acids is 1. The van der Waals surface area contributed by atoms with Crippen LogP contribution >= 0.6 is 0 Å². The molecule has 0 aromatic rings. The number of carboxylic acid groups (broad SMARTS) is 1. The Labute approximate surface area is 52.7 Å². The first-order valence-corrected chi connectivity index (χ1v) is 2.55. The summed E-state index contributed by atoms with van der Waals surface area (Å²) in [6.45, 7) is 1.44. The van der Waals surface area contributed by atoms with Crippen molar-refractivity contribution in [2.24, 2.45) is 11.7 Å². The van der Waals surface area contributed by atoms with Crippen LogP contribution in [0.2, 0.25) is 0 Å². The lowest BCUT2D eigenvalue weighted by molar-refractivity contribution is -0.143. The Hall–Kier alpha value is -1.06. The maximum absolute atomic E-state index is 10.1. The van der Waals surface area contributed by atoms with Gasteiger partial charge in [0.1, 0.15) is 0 Å². The molecule has 3 N–H and O–H groups in total. The minimum absolute atomic E-state index is 0.0880. The predicted octanol–water partition coefficient (Wildman–Crippen LogP) is -0.418. The third-order valence-electron chi connectivity index (χ3n) is 0.929. The highest BCUT2D eigenvalue weighted by Crippen LogP contribution is 1.98. The summed E-state index contributed by atoms with van der Waals surface area (Å²) in [5.74, 6) is -2.23. The largest absolute Gasteiger partial charge is 0.481 e. The quantitative estimate of drug-likeness (QED) is 0.546. The van der Waals surface area contributed by atoms with Gasteiger partial charge in [0.25, 0.3) is 0 Å². The smallest absolute Gasteiger partial charge is 0.306 e. The molecule has 9 heavy (non-hydrogen) atoms. The van der Waals surface area contributed by atoms with Crippen molar-refractivity contribution in [2.45, 2.75) is 13.3 Å². The fraction of sp³-hybridized carbons (Fsp3) is 0.600. The fourth-order valence-corrected chi connectivity index (χ4v) is 0.389. The Bertz CT molecular complexity index is 132. The summed E-state index contributed by atoms with van der Waals surface area (Å²) in [5.41, 5.74) is 4.73. The Morgan fingerprint density at radius 1 is 1.67 bits per heavy atom. The molecule has 0 bridgehead atoms. The van der Waals surface area contributed by atoms with Gasteiger partial charge in [-0.25, -0.2) is 0 Å². The molecule has 0 aliphatic heterocycles. The van der Waals surface area contributed by atoms with Crippen LogP contribution in [0.1, 0.15) is 13.3 Å². The topological polar surface area (TPSA) is 80.4 Å². The highest BCUT2D eigenvalue weighted by atomic mass is 16.4. The van der Waals surface area contributed by atoms with Gasteiger partial charge in [0.15, 0.2) is 0 Å². The molecule has 1 amide bonds. The molecule has 1 atom stereocenters. The molecule has 0 saturated carbocycles. The summed E-state index contributed by atoms with van der Waals surface area (Å²) < 4.78 is 0. The number of amides is 1. The molecule has 0 aliphatic carbocycles. The van der Waals surface area contributed by atoms with Crippen LogP contribution in [0.3, 0.4) is 0 Å². The zero-order valence-corrected chi connectivity index (χ0v) is 5.13. The van der Waals surface area contributed by atoms with Crippen LogP contribution in [-0.2, 0) is 9.59 Å². The third kappa shape index (κ3) is 3.52. The summed E-state index contributed by atoms with van der Waals surface area (Å²) >= 11 is 0. The van der Waals surface area contributed by atoms with Gasteiger partial charge >= 0.3 is 5.97 Å². The van der Waals surface area contributed by atoms with Crippen LogP contribution in [0.4, 0.5) is 0 Å². The van der Waals surface area contributed by atoms with E-state index >= 15 is 0 Å². The average molecular weight is 131 g/mol. The molecule has 1 unspecified atom stereocenters. The van der Waals surface area contributed by atoms with Gasteiger partial charge in [-0.05, 0) is 0 Å². The molecule has 0 fully saturated rings. The molecule has 0 aromatic carbocycles. The van der Waals surface area contributed by atoms with Crippen molar-refractivity contribution in [1.29, 1.82) is 0 Å². The first kappa shape index (κ1) is 7.94. The normalized spacial score (nSPS) is 12.6. The lowest BCUT2D eigenvalue weighted by Crippen LogP contribution is -2.19. The van der Waals surface area contributed by atoms with Crippen LogP contribution in [-0.4, -0.2) is 17.0 Å². The maximum Gasteiger partial charge on any atom is 0.306 e. The van der Waals surface area contributed by atoms with Crippen molar-refractivity contribution in [3.05, 3.63) is 0 Å². The van der Waals surface area contributed by atoms with E-state index in [2.05, 4.69) is 0 Å². The lowest BCUT2D eigenvalue weighted by Gasteiger charge is -1.99. The van der Waals surface area contributed by atoms with Crippen LogP contribution in [0.5, 0.6) is 0 Å². The van der Waals surface area contributed by atoms with Gasteiger partial charge in [0.2, 0.25) is 5.91 Å². The van der Waals surface area contributed by atoms with Crippen LogP contribution in [0, 0.1) is 5.92 Å². The van der Waals surface area contributed by atoms with E-state index in [0.717, 1.165) is 0 Å². The molecule has 4 nitrogen and oxygen atoms in total. The van der Waals surface area contributed by atoms with Gasteiger partial charge < -0.3 is 10.8 Å². The molecule has 0 radical (unpaired) electrons. The van der Waals surface area contributed by atoms with E-state index in [1.54, 1.807) is 0 Å². The maximum atomic E-state index is 10.1. The zero-order valence-electron chi connectivity index (χ0n) is 5.13. The number of aliphatic carboxylic acids is 1. The molecule has 0 rings (SSSR count). The summed E-state index contributed by atoms with van der Waals surface area (Å²) in [4.78, 5) is 20.1. The highest BCUT2D eigenvalue weighted by molar-refractivity contribution is 5.80. The van der Waals surface area contributed by atoms with Gasteiger partial charge in [0.05, 0.1) is 5.92 Å². The van der Waals surface area contributed by atoms with Crippen molar-refractivity contribution in [3.63, 3.8) is 0 Å². The average Bonchev–Trinajstić information content (AvgIpc) is 1.63. The van der Waals surface area contributed by atoms with E-state index in [1.807, 2.05) is 0 Å². The first-order chi connectivity index (χ1) is 4.04. The van der Waals surface area contributed by atoms with E-state index in [1.165, 1.54) is 6.92 Å². The summed E-state index contributed by atoms with van der Waals surface area (Å²) in [5, 5.41) is 8.22. The number of carboxylic acids is 1. The third-order valence-corrected chi connectivity index (χ3v) is 0.929. The van der Waals surface area contributed by atoms with Crippen molar-refractivity contribution in [3.8, 4) is 0 Å². The van der Waals surface area contributed by atoms with E-state index in [9.17, 15) is 9.59 Å². The Kier molecular flexibility index (Phi) is 2.70. The monoisotopic (exact) mass is 131 g/mol. The molecular formula is C5H9NO3. The second-order valence-electron chi connectivity index (χ2n) is 1.91. The summed E-state index contributed by atoms with van der Waals surface area (Å²) in [6.07, 6.45) is -0.0880. The Balaban J connectivity index is 3.63. The van der Waals surface area contributed by atoms with Gasteiger partial charge in [0, 0.05) is 6.42 Å². The van der Waals surface area contributed by atoms with Crippen LogP contribution in [0.15, 0.2) is 0 Å². The molecule has 0 saturated heterocycles. The van der Waals surface area contributed by atoms with Crippen LogP contribution in [0.25, 0.3) is 0 Å². The fourth-order valence-electron chi connectivity index (χ4n) is 0.389. The minimum Gasteiger partial charge on any atom is -0.481 e. The summed E-state index contributed by atoms with van der Waals surface area (Å²) in [7, 11) is 0. The van der Waals surface area contributed by atoms with Gasteiger partial charge in [-0.15, -0.1) is 0 Å². The lowest BCUT2D eigenvalue weighted by atomic mass is 10.1. The van der Waals surface area contributed by atoms with E-state index in [-0.39, 0.29) is 6.42 Å². The molecule has 0 aromatic heterocycles. The van der Waals surface area contributed by atoms with E-state index in [0.29, 0.717) is 0 Å². The Morgan fingerprint density at radius 3 is 2.22 bits per heavy atom. The number of nitrogens with two attached hydrogens (primary N) is 1. The number of carbonyl (C=O) groups is 2. The molecule has 0 aliphatic rings. The second-order valence-corrected chi connectivity index (χ2v) is 1.91. The van der Waals surface area contributed by atoms with E-state index < -0.39 is 17.8 Å².